The van der Waals surface area contributed by atoms with Crippen LogP contribution in [0.3, 0.4) is 0 Å². The summed E-state index contributed by atoms with van der Waals surface area (Å²) in [6.45, 7) is 2.98. The van der Waals surface area contributed by atoms with Gasteiger partial charge in [-0.15, -0.1) is 12.4 Å². The molecule has 3 N–H and O–H groups in total. The maximum absolute atomic E-state index is 11.5. The minimum Gasteiger partial charge on any atom is -0.356 e. The molecular formula is C15H24ClN3O2. The van der Waals surface area contributed by atoms with Crippen LogP contribution in [-0.4, -0.2) is 32.0 Å². The van der Waals surface area contributed by atoms with E-state index in [0.29, 0.717) is 13.0 Å². The Labute approximate surface area is 132 Å². The molecular weight excluding hydrogens is 290 g/mol. The highest BCUT2D eigenvalue weighted by Gasteiger charge is 2.01. The zero-order valence-electron chi connectivity index (χ0n) is 12.6. The fraction of sp³-hybridized carbons (Fsp3) is 0.467. The van der Waals surface area contributed by atoms with E-state index in [1.54, 1.807) is 0 Å². The van der Waals surface area contributed by atoms with Crippen LogP contribution in [0.4, 0.5) is 5.69 Å². The molecule has 0 atom stereocenters. The molecule has 0 aliphatic rings. The molecule has 0 aliphatic heterocycles. The van der Waals surface area contributed by atoms with Gasteiger partial charge in [0.25, 0.3) is 0 Å². The van der Waals surface area contributed by atoms with Crippen LogP contribution >= 0.6 is 12.4 Å². The molecule has 21 heavy (non-hydrogen) atoms. The van der Waals surface area contributed by atoms with E-state index in [-0.39, 0.29) is 24.2 Å². The van der Waals surface area contributed by atoms with Crippen LogP contribution in [0, 0.1) is 0 Å². The third kappa shape index (κ3) is 9.05. The second-order valence-electron chi connectivity index (χ2n) is 4.69. The maximum atomic E-state index is 11.5. The van der Waals surface area contributed by atoms with Crippen LogP contribution in [0.1, 0.15) is 25.3 Å². The van der Waals surface area contributed by atoms with Gasteiger partial charge in [0.2, 0.25) is 11.8 Å². The molecule has 0 heterocycles. The van der Waals surface area contributed by atoms with Gasteiger partial charge in [0, 0.05) is 25.6 Å². The summed E-state index contributed by atoms with van der Waals surface area (Å²) in [6, 6.07) is 7.65. The van der Waals surface area contributed by atoms with Crippen LogP contribution in [0.25, 0.3) is 0 Å². The van der Waals surface area contributed by atoms with E-state index in [0.717, 1.165) is 30.6 Å². The quantitative estimate of drug-likeness (QED) is 0.640. The zero-order chi connectivity index (χ0) is 14.8. The number of hydrogen-bond donors (Lipinski definition) is 3. The third-order valence-electron chi connectivity index (χ3n) is 2.84. The maximum Gasteiger partial charge on any atom is 0.221 e. The molecule has 1 aromatic carbocycles. The number of benzene rings is 1. The van der Waals surface area contributed by atoms with E-state index in [4.69, 9.17) is 0 Å². The number of hydrogen-bond acceptors (Lipinski definition) is 3. The number of carbonyl (C=O) groups is 2. The summed E-state index contributed by atoms with van der Waals surface area (Å²) in [5.41, 5.74) is 1.92. The summed E-state index contributed by atoms with van der Waals surface area (Å²) in [5.74, 6) is 0.0155. The van der Waals surface area contributed by atoms with Gasteiger partial charge >= 0.3 is 0 Å². The van der Waals surface area contributed by atoms with Crippen molar-refractivity contribution in [2.45, 2.75) is 26.2 Å². The van der Waals surface area contributed by atoms with Crippen LogP contribution in [0.2, 0.25) is 0 Å². The Morgan fingerprint density at radius 1 is 1.10 bits per heavy atom. The standard InChI is InChI=1S/C15H23N3O2.ClH/c1-12(19)18-14-7-5-13(6-8-14)9-11-17-15(20)4-3-10-16-2;/h5-8,16H,3-4,9-11H2,1-2H3,(H,17,20)(H,18,19);1H. The third-order valence-corrected chi connectivity index (χ3v) is 2.84. The molecule has 0 saturated carbocycles. The van der Waals surface area contributed by atoms with E-state index in [1.807, 2.05) is 31.3 Å². The van der Waals surface area contributed by atoms with Crippen LogP contribution in [0.15, 0.2) is 24.3 Å². The van der Waals surface area contributed by atoms with E-state index < -0.39 is 0 Å². The first-order valence-electron chi connectivity index (χ1n) is 6.89. The molecule has 0 fully saturated rings. The van der Waals surface area contributed by atoms with E-state index >= 15 is 0 Å². The van der Waals surface area contributed by atoms with Crippen LogP contribution in [0.5, 0.6) is 0 Å². The molecule has 0 radical (unpaired) electrons. The van der Waals surface area contributed by atoms with Crippen molar-refractivity contribution >= 4 is 29.9 Å². The highest BCUT2D eigenvalue weighted by molar-refractivity contribution is 5.88. The summed E-state index contributed by atoms with van der Waals surface area (Å²) in [5, 5.41) is 8.63. The first-order valence-corrected chi connectivity index (χ1v) is 6.89. The lowest BCUT2D eigenvalue weighted by molar-refractivity contribution is -0.121. The summed E-state index contributed by atoms with van der Waals surface area (Å²) in [4.78, 5) is 22.4. The fourth-order valence-electron chi connectivity index (χ4n) is 1.82. The molecule has 1 rings (SSSR count). The first-order chi connectivity index (χ1) is 9.61. The molecule has 0 aliphatic carbocycles. The van der Waals surface area contributed by atoms with Crippen LogP contribution < -0.4 is 16.0 Å². The number of nitrogens with one attached hydrogen (secondary N) is 3. The Balaban J connectivity index is 0.00000400. The van der Waals surface area contributed by atoms with Crippen molar-refractivity contribution in [2.75, 3.05) is 25.5 Å². The molecule has 0 aromatic heterocycles. The van der Waals surface area contributed by atoms with Gasteiger partial charge in [-0.25, -0.2) is 0 Å². The summed E-state index contributed by atoms with van der Waals surface area (Å²) in [6.07, 6.45) is 2.20. The second kappa shape index (κ2) is 11.1. The van der Waals surface area contributed by atoms with E-state index in [2.05, 4.69) is 16.0 Å². The predicted octanol–water partition coefficient (Wildman–Crippen LogP) is 1.73. The Morgan fingerprint density at radius 2 is 1.76 bits per heavy atom. The van der Waals surface area contributed by atoms with Gasteiger partial charge < -0.3 is 16.0 Å². The molecule has 118 valence electrons. The normalized spacial score (nSPS) is 9.62. The van der Waals surface area contributed by atoms with Gasteiger partial charge in [0.05, 0.1) is 0 Å². The SMILES string of the molecule is CNCCCC(=O)NCCc1ccc(NC(C)=O)cc1.Cl. The largest absolute Gasteiger partial charge is 0.356 e. The van der Waals surface area contributed by atoms with Crippen molar-refractivity contribution < 1.29 is 9.59 Å². The molecule has 0 unspecified atom stereocenters. The Kier molecular flexibility index (Phi) is 10.3. The second-order valence-corrected chi connectivity index (χ2v) is 4.69. The van der Waals surface area contributed by atoms with Crippen molar-refractivity contribution in [3.05, 3.63) is 29.8 Å². The average molecular weight is 314 g/mol. The number of amides is 2. The molecule has 5 nitrogen and oxygen atoms in total. The lowest BCUT2D eigenvalue weighted by atomic mass is 10.1. The number of halogens is 1. The van der Waals surface area contributed by atoms with Gasteiger partial charge in [-0.1, -0.05) is 12.1 Å². The van der Waals surface area contributed by atoms with Gasteiger partial charge in [-0.3, -0.25) is 9.59 Å². The number of carbonyl (C=O) groups excluding carboxylic acids is 2. The molecule has 6 heteroatoms. The topological polar surface area (TPSA) is 70.2 Å². The van der Waals surface area contributed by atoms with Gasteiger partial charge in [0.15, 0.2) is 0 Å². The zero-order valence-corrected chi connectivity index (χ0v) is 13.4. The molecule has 0 spiro atoms. The van der Waals surface area contributed by atoms with Gasteiger partial charge in [0.1, 0.15) is 0 Å². The number of rotatable bonds is 8. The summed E-state index contributed by atoms with van der Waals surface area (Å²) >= 11 is 0. The van der Waals surface area contributed by atoms with Crippen molar-refractivity contribution in [1.29, 1.82) is 0 Å². The molecule has 2 amide bonds. The minimum atomic E-state index is -0.0772. The predicted molar refractivity (Wildman–Crippen MR) is 87.9 cm³/mol. The highest BCUT2D eigenvalue weighted by atomic mass is 35.5. The Bertz CT molecular complexity index is 435. The average Bonchev–Trinajstić information content (AvgIpc) is 2.40. The molecule has 1 aromatic rings. The monoisotopic (exact) mass is 313 g/mol. The van der Waals surface area contributed by atoms with Crippen molar-refractivity contribution in [3.63, 3.8) is 0 Å². The van der Waals surface area contributed by atoms with E-state index in [9.17, 15) is 9.59 Å². The van der Waals surface area contributed by atoms with Crippen LogP contribution in [-0.2, 0) is 16.0 Å². The number of anilines is 1. The van der Waals surface area contributed by atoms with Crippen molar-refractivity contribution in [2.24, 2.45) is 0 Å². The van der Waals surface area contributed by atoms with Gasteiger partial charge in [-0.05, 0) is 44.1 Å². The Morgan fingerprint density at radius 3 is 2.33 bits per heavy atom. The lowest BCUT2D eigenvalue weighted by Crippen LogP contribution is -2.26. The Hall–Kier alpha value is -1.59. The lowest BCUT2D eigenvalue weighted by Gasteiger charge is -2.07. The first kappa shape index (κ1) is 19.4. The minimum absolute atomic E-state index is 0. The molecule has 0 saturated heterocycles. The van der Waals surface area contributed by atoms with Gasteiger partial charge in [-0.2, -0.15) is 0 Å². The van der Waals surface area contributed by atoms with Crippen molar-refractivity contribution in [1.82, 2.24) is 10.6 Å². The van der Waals surface area contributed by atoms with E-state index in [1.165, 1.54) is 6.92 Å². The smallest absolute Gasteiger partial charge is 0.221 e. The van der Waals surface area contributed by atoms with Crippen molar-refractivity contribution in [3.8, 4) is 0 Å². The highest BCUT2D eigenvalue weighted by Crippen LogP contribution is 2.09. The summed E-state index contributed by atoms with van der Waals surface area (Å²) < 4.78 is 0. The fourth-order valence-corrected chi connectivity index (χ4v) is 1.82. The summed E-state index contributed by atoms with van der Waals surface area (Å²) in [7, 11) is 1.88. The molecule has 0 bridgehead atoms.